The SMILES string of the molecule is CCC(C)(C)N(C(=O)CNC(=O)OC(C)(C)C)C(C(=O)NC(C)C)c1c(C)cccc1C. The summed E-state index contributed by atoms with van der Waals surface area (Å²) in [6, 6.07) is 4.90. The average Bonchev–Trinajstić information content (AvgIpc) is 2.63. The number of amides is 3. The molecule has 0 spiro atoms. The van der Waals surface area contributed by atoms with Crippen LogP contribution in [0.5, 0.6) is 0 Å². The molecule has 1 aromatic rings. The highest BCUT2D eigenvalue weighted by molar-refractivity contribution is 5.91. The van der Waals surface area contributed by atoms with E-state index in [1.54, 1.807) is 25.7 Å². The zero-order valence-corrected chi connectivity index (χ0v) is 21.4. The third-order valence-electron chi connectivity index (χ3n) is 5.32. The molecule has 7 heteroatoms. The maximum Gasteiger partial charge on any atom is 0.408 e. The van der Waals surface area contributed by atoms with Crippen LogP contribution in [0.1, 0.15) is 84.5 Å². The van der Waals surface area contributed by atoms with Crippen LogP contribution in [-0.4, -0.2) is 46.5 Å². The van der Waals surface area contributed by atoms with Gasteiger partial charge in [0.2, 0.25) is 11.8 Å². The van der Waals surface area contributed by atoms with Crippen LogP contribution in [0.25, 0.3) is 0 Å². The molecule has 0 fully saturated rings. The number of hydrogen-bond acceptors (Lipinski definition) is 4. The molecule has 0 saturated carbocycles. The Kier molecular flexibility index (Phi) is 9.30. The molecule has 3 amide bonds. The van der Waals surface area contributed by atoms with E-state index in [4.69, 9.17) is 4.74 Å². The van der Waals surface area contributed by atoms with Gasteiger partial charge in [0, 0.05) is 11.6 Å². The van der Waals surface area contributed by atoms with Crippen LogP contribution in [0.3, 0.4) is 0 Å². The first-order chi connectivity index (χ1) is 14.6. The van der Waals surface area contributed by atoms with Gasteiger partial charge in [-0.3, -0.25) is 9.59 Å². The quantitative estimate of drug-likeness (QED) is 0.618. The molecule has 32 heavy (non-hydrogen) atoms. The highest BCUT2D eigenvalue weighted by Crippen LogP contribution is 2.34. The Labute approximate surface area is 193 Å². The molecule has 1 rings (SSSR count). The second-order valence-electron chi connectivity index (χ2n) is 10.2. The topological polar surface area (TPSA) is 87.7 Å². The fraction of sp³-hybridized carbons (Fsp3) is 0.640. The first-order valence-corrected chi connectivity index (χ1v) is 11.3. The van der Waals surface area contributed by atoms with Crippen molar-refractivity contribution in [2.24, 2.45) is 0 Å². The predicted molar refractivity (Wildman–Crippen MR) is 127 cm³/mol. The third-order valence-corrected chi connectivity index (χ3v) is 5.32. The zero-order chi connectivity index (χ0) is 24.9. The van der Waals surface area contributed by atoms with Crippen LogP contribution in [0, 0.1) is 13.8 Å². The average molecular weight is 448 g/mol. The van der Waals surface area contributed by atoms with Crippen molar-refractivity contribution in [1.82, 2.24) is 15.5 Å². The lowest BCUT2D eigenvalue weighted by atomic mass is 9.89. The number of carbonyl (C=O) groups is 3. The Morgan fingerprint density at radius 2 is 1.56 bits per heavy atom. The Morgan fingerprint density at radius 1 is 1.03 bits per heavy atom. The van der Waals surface area contributed by atoms with Gasteiger partial charge >= 0.3 is 6.09 Å². The van der Waals surface area contributed by atoms with E-state index >= 15 is 0 Å². The van der Waals surface area contributed by atoms with Gasteiger partial charge in [0.05, 0.1) is 0 Å². The van der Waals surface area contributed by atoms with Gasteiger partial charge in [0.25, 0.3) is 0 Å². The standard InChI is InChI=1S/C25H41N3O4/c1-11-25(9,10)28(19(29)15-26-23(31)32-24(6,7)8)21(22(30)27-16(2)3)20-17(4)13-12-14-18(20)5/h12-14,16,21H,11,15H2,1-10H3,(H,26,31)(H,27,30). The van der Waals surface area contributed by atoms with Crippen molar-refractivity contribution in [2.75, 3.05) is 6.54 Å². The summed E-state index contributed by atoms with van der Waals surface area (Å²) in [6.45, 7) is 18.5. The fourth-order valence-corrected chi connectivity index (χ4v) is 3.55. The number of alkyl carbamates (subject to hydrolysis) is 1. The number of ether oxygens (including phenoxy) is 1. The lowest BCUT2D eigenvalue weighted by molar-refractivity contribution is -0.147. The summed E-state index contributed by atoms with van der Waals surface area (Å²) >= 11 is 0. The molecule has 0 aliphatic rings. The summed E-state index contributed by atoms with van der Waals surface area (Å²) in [5.41, 5.74) is 1.35. The molecule has 1 aromatic carbocycles. The van der Waals surface area contributed by atoms with Crippen molar-refractivity contribution in [3.05, 3.63) is 34.9 Å². The number of hydrogen-bond donors (Lipinski definition) is 2. The second kappa shape index (κ2) is 10.8. The van der Waals surface area contributed by atoms with Gasteiger partial charge in [-0.2, -0.15) is 0 Å². The van der Waals surface area contributed by atoms with Gasteiger partial charge in [-0.1, -0.05) is 25.1 Å². The molecule has 7 nitrogen and oxygen atoms in total. The molecule has 0 radical (unpaired) electrons. The highest BCUT2D eigenvalue weighted by Gasteiger charge is 2.41. The lowest BCUT2D eigenvalue weighted by Crippen LogP contribution is -2.56. The van der Waals surface area contributed by atoms with E-state index in [1.165, 1.54) is 0 Å². The van der Waals surface area contributed by atoms with E-state index in [0.29, 0.717) is 6.42 Å². The third kappa shape index (κ3) is 7.53. The highest BCUT2D eigenvalue weighted by atomic mass is 16.6. The van der Waals surface area contributed by atoms with E-state index < -0.39 is 23.3 Å². The Bertz CT molecular complexity index is 805. The minimum absolute atomic E-state index is 0.0871. The van der Waals surface area contributed by atoms with Crippen molar-refractivity contribution in [3.63, 3.8) is 0 Å². The molecule has 0 heterocycles. The van der Waals surface area contributed by atoms with E-state index in [1.807, 2.05) is 66.7 Å². The number of aryl methyl sites for hydroxylation is 2. The predicted octanol–water partition coefficient (Wildman–Crippen LogP) is 4.41. The molecule has 0 aliphatic heterocycles. The summed E-state index contributed by atoms with van der Waals surface area (Å²) in [5, 5.41) is 5.53. The van der Waals surface area contributed by atoms with E-state index in [0.717, 1.165) is 16.7 Å². The van der Waals surface area contributed by atoms with Gasteiger partial charge in [-0.15, -0.1) is 0 Å². The second-order valence-corrected chi connectivity index (χ2v) is 10.2. The fourth-order valence-electron chi connectivity index (χ4n) is 3.55. The van der Waals surface area contributed by atoms with Crippen molar-refractivity contribution in [1.29, 1.82) is 0 Å². The van der Waals surface area contributed by atoms with Gasteiger partial charge < -0.3 is 20.3 Å². The maximum absolute atomic E-state index is 13.5. The molecule has 0 saturated heterocycles. The van der Waals surface area contributed by atoms with E-state index in [9.17, 15) is 14.4 Å². The van der Waals surface area contributed by atoms with Gasteiger partial charge in [0.15, 0.2) is 0 Å². The summed E-state index contributed by atoms with van der Waals surface area (Å²) < 4.78 is 5.26. The number of rotatable bonds is 8. The molecule has 1 unspecified atom stereocenters. The summed E-state index contributed by atoms with van der Waals surface area (Å²) in [4.78, 5) is 40.8. The summed E-state index contributed by atoms with van der Waals surface area (Å²) in [5.74, 6) is -0.598. The Morgan fingerprint density at radius 3 is 2.00 bits per heavy atom. The minimum Gasteiger partial charge on any atom is -0.444 e. The summed E-state index contributed by atoms with van der Waals surface area (Å²) in [7, 11) is 0. The van der Waals surface area contributed by atoms with Crippen LogP contribution in [0.4, 0.5) is 4.79 Å². The maximum atomic E-state index is 13.5. The van der Waals surface area contributed by atoms with Crippen LogP contribution in [0.15, 0.2) is 18.2 Å². The van der Waals surface area contributed by atoms with Crippen molar-refractivity contribution < 1.29 is 19.1 Å². The van der Waals surface area contributed by atoms with Crippen molar-refractivity contribution >= 4 is 17.9 Å². The summed E-state index contributed by atoms with van der Waals surface area (Å²) in [6.07, 6.45) is -0.0444. The zero-order valence-electron chi connectivity index (χ0n) is 21.4. The van der Waals surface area contributed by atoms with E-state index in [2.05, 4.69) is 10.6 Å². The Balaban J connectivity index is 3.46. The van der Waals surface area contributed by atoms with Gasteiger partial charge in [0.1, 0.15) is 18.2 Å². The number of benzene rings is 1. The number of carbonyl (C=O) groups excluding carboxylic acids is 3. The molecule has 180 valence electrons. The molecule has 0 aliphatic carbocycles. The molecule has 0 bridgehead atoms. The van der Waals surface area contributed by atoms with Crippen LogP contribution >= 0.6 is 0 Å². The molecular weight excluding hydrogens is 406 g/mol. The van der Waals surface area contributed by atoms with Gasteiger partial charge in [-0.05, 0) is 85.4 Å². The van der Waals surface area contributed by atoms with Crippen LogP contribution in [0.2, 0.25) is 0 Å². The first kappa shape index (κ1) is 27.5. The molecule has 1 atom stereocenters. The molecule has 2 N–H and O–H groups in total. The number of nitrogens with one attached hydrogen (secondary N) is 2. The monoisotopic (exact) mass is 447 g/mol. The number of nitrogens with zero attached hydrogens (tertiary/aromatic N) is 1. The molecular formula is C25H41N3O4. The minimum atomic E-state index is -0.832. The van der Waals surface area contributed by atoms with Crippen LogP contribution in [-0.2, 0) is 14.3 Å². The van der Waals surface area contributed by atoms with Gasteiger partial charge in [-0.25, -0.2) is 4.79 Å². The van der Waals surface area contributed by atoms with Crippen molar-refractivity contribution in [2.45, 2.75) is 98.9 Å². The smallest absolute Gasteiger partial charge is 0.408 e. The Hall–Kier alpha value is -2.57. The first-order valence-electron chi connectivity index (χ1n) is 11.3. The van der Waals surface area contributed by atoms with Crippen LogP contribution < -0.4 is 10.6 Å². The molecule has 0 aromatic heterocycles. The normalized spacial score (nSPS) is 12.8. The largest absolute Gasteiger partial charge is 0.444 e. The lowest BCUT2D eigenvalue weighted by Gasteiger charge is -2.44. The van der Waals surface area contributed by atoms with E-state index in [-0.39, 0.29) is 24.4 Å². The van der Waals surface area contributed by atoms with Crippen molar-refractivity contribution in [3.8, 4) is 0 Å².